The fraction of sp³-hybridized carbons (Fsp3) is 0.281. The number of fused-ring (bicyclic) bond motifs is 1. The molecule has 3 heterocycles. The van der Waals surface area contributed by atoms with Crippen molar-refractivity contribution in [3.8, 4) is 17.2 Å². The van der Waals surface area contributed by atoms with E-state index in [2.05, 4.69) is 20.9 Å². The number of phenolic OH excluding ortho intramolecular Hbond substituents is 2. The summed E-state index contributed by atoms with van der Waals surface area (Å²) < 4.78 is 61.2. The van der Waals surface area contributed by atoms with Crippen LogP contribution in [-0.4, -0.2) is 110 Å². The Bertz CT molecular complexity index is 2080. The molecule has 6 amide bonds. The summed E-state index contributed by atoms with van der Waals surface area (Å²) in [7, 11) is -1.97. The Kier molecular flexibility index (Phi) is 11.2. The molecule has 2 aliphatic rings. The number of amides is 6. The third-order valence-corrected chi connectivity index (χ3v) is 8.65. The van der Waals surface area contributed by atoms with Crippen molar-refractivity contribution in [1.82, 2.24) is 30.7 Å². The zero-order valence-electron chi connectivity index (χ0n) is 27.9. The summed E-state index contributed by atoms with van der Waals surface area (Å²) in [5.41, 5.74) is -2.12. The lowest BCUT2D eigenvalue weighted by molar-refractivity contribution is -0.153. The van der Waals surface area contributed by atoms with Gasteiger partial charge in [-0.05, 0) is 49.1 Å². The van der Waals surface area contributed by atoms with Gasteiger partial charge in [-0.1, -0.05) is 6.07 Å². The van der Waals surface area contributed by atoms with E-state index in [9.17, 15) is 66.7 Å². The second-order valence-electron chi connectivity index (χ2n) is 12.0. The molecule has 3 aromatic rings. The van der Waals surface area contributed by atoms with E-state index < -0.39 is 119 Å². The first-order chi connectivity index (χ1) is 25.5. The summed E-state index contributed by atoms with van der Waals surface area (Å²) in [5, 5.41) is 47.1. The Morgan fingerprint density at radius 3 is 2.46 bits per heavy atom. The third kappa shape index (κ3) is 7.67. The number of pyridine rings is 1. The number of nitrogens with one attached hydrogen (secondary N) is 3. The summed E-state index contributed by atoms with van der Waals surface area (Å²) in [4.78, 5) is 81.5. The van der Waals surface area contributed by atoms with E-state index in [-0.39, 0.29) is 43.6 Å². The molecular weight excluding hydrogens is 731 g/mol. The number of piperazine rings is 1. The number of nitrogens with zero attached hydrogens (tertiary/aromatic N) is 3. The topological polar surface area (TPSA) is 248 Å². The van der Waals surface area contributed by atoms with Crippen LogP contribution in [0.15, 0.2) is 30.5 Å². The van der Waals surface area contributed by atoms with Crippen LogP contribution in [0.2, 0.25) is 0 Å². The van der Waals surface area contributed by atoms with E-state index in [1.807, 2.05) is 0 Å². The molecule has 22 heteroatoms. The lowest BCUT2D eigenvalue weighted by Gasteiger charge is -2.34. The second kappa shape index (κ2) is 15.7. The fourth-order valence-corrected chi connectivity index (χ4v) is 5.79. The molecule has 54 heavy (non-hydrogen) atoms. The first-order valence-electron chi connectivity index (χ1n) is 15.9. The number of carbonyl (C=O) groups is 6. The molecule has 0 aliphatic carbocycles. The van der Waals surface area contributed by atoms with Crippen LogP contribution in [0, 0.1) is 30.3 Å². The van der Waals surface area contributed by atoms with E-state index in [1.54, 1.807) is 0 Å². The number of rotatable bonds is 10. The number of benzene rings is 2. The molecule has 1 saturated heterocycles. The molecule has 0 saturated carbocycles. The van der Waals surface area contributed by atoms with E-state index in [0.29, 0.717) is 11.0 Å². The molecule has 7 N–H and O–H groups in total. The molecule has 5 rings (SSSR count). The highest BCUT2D eigenvalue weighted by Gasteiger charge is 2.42. The smallest absolute Gasteiger partial charge is 0.534 e. The number of hydrogen-bond donors (Lipinski definition) is 7. The van der Waals surface area contributed by atoms with Gasteiger partial charge >= 0.3 is 30.9 Å². The Balaban J connectivity index is 1.28. The molecule has 2 aliphatic heterocycles. The van der Waals surface area contributed by atoms with Gasteiger partial charge in [-0.25, -0.2) is 27.7 Å². The molecular formula is C32H29BF4N6O11. The van der Waals surface area contributed by atoms with Crippen molar-refractivity contribution >= 4 is 42.7 Å². The number of phenols is 2. The Morgan fingerprint density at radius 1 is 1.04 bits per heavy atom. The van der Waals surface area contributed by atoms with Gasteiger partial charge in [0, 0.05) is 37.9 Å². The zero-order chi connectivity index (χ0) is 39.6. The van der Waals surface area contributed by atoms with Crippen LogP contribution >= 0.6 is 0 Å². The lowest BCUT2D eigenvalue weighted by atomic mass is 9.72. The van der Waals surface area contributed by atoms with Crippen LogP contribution in [0.25, 0.3) is 0 Å². The van der Waals surface area contributed by atoms with Crippen LogP contribution in [0.3, 0.4) is 0 Å². The van der Waals surface area contributed by atoms with Gasteiger partial charge in [-0.15, -0.1) is 0 Å². The number of aromatic nitrogens is 1. The molecule has 284 valence electrons. The van der Waals surface area contributed by atoms with Crippen LogP contribution in [0.5, 0.6) is 17.2 Å². The maximum absolute atomic E-state index is 14.6. The van der Waals surface area contributed by atoms with Crippen molar-refractivity contribution in [2.45, 2.75) is 31.7 Å². The summed E-state index contributed by atoms with van der Waals surface area (Å²) in [6, 6.07) is 0.268. The minimum absolute atomic E-state index is 0.0529. The number of imide groups is 1. The zero-order valence-corrected chi connectivity index (χ0v) is 27.9. The van der Waals surface area contributed by atoms with Crippen molar-refractivity contribution in [2.24, 2.45) is 0 Å². The van der Waals surface area contributed by atoms with Crippen molar-refractivity contribution in [2.75, 3.05) is 26.2 Å². The molecule has 0 spiro atoms. The largest absolute Gasteiger partial charge is 0.547 e. The van der Waals surface area contributed by atoms with Gasteiger partial charge in [-0.2, -0.15) is 4.39 Å². The SMILES string of the molecule is Cc1c([C@H](NC(=O)N2CCN(CCCNC(=O)c3ccnc(F)c3F)C(=O)C2=O)C(=O)N[C@H]2Cc3ccc(F)c(C(=O)O)c3OB2O)cc(F)c(O)c1O. The van der Waals surface area contributed by atoms with Crippen molar-refractivity contribution in [1.29, 1.82) is 0 Å². The number of urea groups is 1. The third-order valence-electron chi connectivity index (χ3n) is 8.65. The van der Waals surface area contributed by atoms with Crippen molar-refractivity contribution < 1.29 is 71.3 Å². The second-order valence-corrected chi connectivity index (χ2v) is 12.0. The quantitative estimate of drug-likeness (QED) is 0.0372. The van der Waals surface area contributed by atoms with Crippen LogP contribution in [0.4, 0.5) is 22.4 Å². The Morgan fingerprint density at radius 2 is 1.76 bits per heavy atom. The van der Waals surface area contributed by atoms with Gasteiger partial charge in [0.25, 0.3) is 5.91 Å². The molecule has 0 radical (unpaired) electrons. The predicted octanol–water partition coefficient (Wildman–Crippen LogP) is 0.437. The van der Waals surface area contributed by atoms with E-state index in [1.165, 1.54) is 0 Å². The van der Waals surface area contributed by atoms with Gasteiger partial charge in [0.2, 0.25) is 11.9 Å². The summed E-state index contributed by atoms with van der Waals surface area (Å²) in [5.74, 6) is -15.9. The first kappa shape index (κ1) is 38.8. The molecule has 17 nitrogen and oxygen atoms in total. The van der Waals surface area contributed by atoms with Gasteiger partial charge in [0.15, 0.2) is 23.1 Å². The average Bonchev–Trinajstić information content (AvgIpc) is 3.12. The fourth-order valence-electron chi connectivity index (χ4n) is 5.79. The van der Waals surface area contributed by atoms with Gasteiger partial charge in [0.05, 0.1) is 11.5 Å². The first-order valence-corrected chi connectivity index (χ1v) is 15.9. The monoisotopic (exact) mass is 760 g/mol. The molecule has 2 aromatic carbocycles. The van der Waals surface area contributed by atoms with Gasteiger partial charge in [-0.3, -0.25) is 24.1 Å². The van der Waals surface area contributed by atoms with Crippen LogP contribution < -0.4 is 20.6 Å². The standard InChI is InChI=1S/C32H29BF4N6O11/c1-13-16(12-18(35)24(45)23(13)44)22(28(47)40-19-11-14-3-4-17(34)20(31(50)51)25(14)54-33(19)53)41-32(52)43-10-9-42(29(48)30(43)49)8-2-6-39-27(46)15-5-7-38-26(37)21(15)36/h3-5,7,12,19,22,44-45,53H,2,6,8-11H2,1H3,(H,39,46)(H,40,47)(H,41,52)(H,50,51)/t19-,22-/m0/s1. The number of carboxylic acids is 1. The average molecular weight is 760 g/mol. The number of aromatic hydroxyl groups is 2. The normalized spacial score (nSPS) is 16.0. The number of hydrogen-bond acceptors (Lipinski definition) is 11. The molecule has 0 bridgehead atoms. The minimum atomic E-state index is -1.97. The molecule has 1 aromatic heterocycles. The van der Waals surface area contributed by atoms with Gasteiger partial charge in [0.1, 0.15) is 23.2 Å². The highest BCUT2D eigenvalue weighted by molar-refractivity contribution is 6.47. The highest BCUT2D eigenvalue weighted by Crippen LogP contribution is 2.37. The summed E-state index contributed by atoms with van der Waals surface area (Å²) in [6.07, 6.45) is 0.627. The highest BCUT2D eigenvalue weighted by atomic mass is 19.2. The predicted molar refractivity (Wildman–Crippen MR) is 173 cm³/mol. The lowest BCUT2D eigenvalue weighted by Crippen LogP contribution is -2.60. The summed E-state index contributed by atoms with van der Waals surface area (Å²) >= 11 is 0. The number of halogens is 4. The summed E-state index contributed by atoms with van der Waals surface area (Å²) in [6.45, 7) is 0.292. The number of carboxylic acid groups (broad SMARTS) is 1. The maximum Gasteiger partial charge on any atom is 0.547 e. The molecule has 0 unspecified atom stereocenters. The number of carbonyl (C=O) groups excluding carboxylic acids is 5. The maximum atomic E-state index is 14.6. The van der Waals surface area contributed by atoms with E-state index in [4.69, 9.17) is 4.65 Å². The van der Waals surface area contributed by atoms with Crippen LogP contribution in [0.1, 0.15) is 49.9 Å². The Labute approximate surface area is 301 Å². The molecule has 1 fully saturated rings. The van der Waals surface area contributed by atoms with Crippen molar-refractivity contribution in [3.05, 3.63) is 81.7 Å². The van der Waals surface area contributed by atoms with E-state index in [0.717, 1.165) is 36.2 Å². The van der Waals surface area contributed by atoms with Crippen molar-refractivity contribution in [3.63, 3.8) is 0 Å². The Hall–Kier alpha value is -6.45. The number of aromatic carboxylic acids is 1. The van der Waals surface area contributed by atoms with E-state index >= 15 is 0 Å². The molecule has 2 atom stereocenters. The van der Waals surface area contributed by atoms with Gasteiger partial charge < -0.3 is 45.8 Å². The van der Waals surface area contributed by atoms with Crippen LogP contribution in [-0.2, 0) is 20.8 Å². The minimum Gasteiger partial charge on any atom is -0.534 e.